The van der Waals surface area contributed by atoms with E-state index in [1.54, 1.807) is 0 Å². The first-order valence-corrected chi connectivity index (χ1v) is 1.78. The van der Waals surface area contributed by atoms with Crippen LogP contribution in [0.1, 0.15) is 0 Å². The molecule has 0 radical (unpaired) electrons. The Kier molecular flexibility index (Phi) is 9.34. The minimum atomic E-state index is -2.29. The van der Waals surface area contributed by atoms with Gasteiger partial charge >= 0.3 is 11.4 Å². The van der Waals surface area contributed by atoms with E-state index >= 15 is 0 Å². The molecule has 0 saturated carbocycles. The molecule has 0 saturated heterocycles. The van der Waals surface area contributed by atoms with Gasteiger partial charge in [-0.05, 0) is 0 Å². The third-order valence-corrected chi connectivity index (χ3v) is 0.247. The Morgan fingerprint density at radius 2 is 2.00 bits per heavy atom. The van der Waals surface area contributed by atoms with Crippen LogP contribution in [0.25, 0.3) is 0 Å². The van der Waals surface area contributed by atoms with Gasteiger partial charge < -0.3 is 0 Å². The fourth-order valence-electron chi connectivity index (χ4n) is 0. The Hall–Kier alpha value is 0.692. The van der Waals surface area contributed by atoms with Crippen LogP contribution in [0, 0.1) is 0 Å². The minimum absolute atomic E-state index is 0. The Morgan fingerprint density at radius 1 is 1.83 bits per heavy atom. The monoisotopic (exact) mass is 203 g/mol. The first-order valence-electron chi connectivity index (χ1n) is 0.752. The van der Waals surface area contributed by atoms with Crippen molar-refractivity contribution < 1.29 is 33.5 Å². The molecule has 0 aliphatic rings. The van der Waals surface area contributed by atoms with Crippen LogP contribution >= 0.6 is 0 Å². The molecule has 4 nitrogen and oxygen atoms in total. The molecule has 3 N–H and O–H groups in total. The van der Waals surface area contributed by atoms with Gasteiger partial charge in [-0.3, -0.25) is 4.55 Å². The maximum atomic E-state index is 9.13. The third-order valence-electron chi connectivity index (χ3n) is 0.0823. The molecule has 6 heteroatoms. The minimum Gasteiger partial charge on any atom is -0.283 e. The number of hydrogen-bond acceptors (Lipinski definition) is 3. The van der Waals surface area contributed by atoms with Crippen molar-refractivity contribution in [3.8, 4) is 0 Å². The fourth-order valence-corrected chi connectivity index (χ4v) is 0. The van der Waals surface area contributed by atoms with E-state index in [-0.39, 0.29) is 20.4 Å². The maximum absolute atomic E-state index is 9.13. The molecule has 0 rings (SSSR count). The standard InChI is InChI=1S/H3NO3S.Pd/c1-4-5(2)3;/h1H2,(H,2,3);. The zero-order valence-electron chi connectivity index (χ0n) is 2.57. The summed E-state index contributed by atoms with van der Waals surface area (Å²) in [5, 5.41) is 0. The molecule has 1 atom stereocenters. The summed E-state index contributed by atoms with van der Waals surface area (Å²) in [7, 11) is 0. The zero-order valence-corrected chi connectivity index (χ0v) is 4.94. The predicted octanol–water partition coefficient (Wildman–Crippen LogP) is -0.989. The van der Waals surface area contributed by atoms with Gasteiger partial charge in [-0.25, -0.2) is 0 Å². The van der Waals surface area contributed by atoms with Gasteiger partial charge in [0.25, 0.3) is 0 Å². The molecule has 0 bridgehead atoms. The molecule has 0 heterocycles. The molecule has 0 aromatic heterocycles. The molecule has 6 heavy (non-hydrogen) atoms. The van der Waals surface area contributed by atoms with Crippen LogP contribution in [0.5, 0.6) is 0 Å². The fraction of sp³-hybridized carbons (Fsp3) is 0. The van der Waals surface area contributed by atoms with Crippen LogP contribution in [0.4, 0.5) is 0 Å². The SMILES string of the molecule is NOS(=O)O.[Pd]. The van der Waals surface area contributed by atoms with Crippen molar-refractivity contribution in [2.75, 3.05) is 0 Å². The second-order valence-corrected chi connectivity index (χ2v) is 0.940. The summed E-state index contributed by atoms with van der Waals surface area (Å²) in [6.45, 7) is 0. The van der Waals surface area contributed by atoms with Crippen LogP contribution in [0.3, 0.4) is 0 Å². The molecule has 0 aliphatic heterocycles. The molecule has 0 aromatic rings. The van der Waals surface area contributed by atoms with Crippen molar-refractivity contribution in [2.45, 2.75) is 0 Å². The van der Waals surface area contributed by atoms with Crippen LogP contribution in [-0.2, 0) is 36.1 Å². The van der Waals surface area contributed by atoms with Crippen molar-refractivity contribution in [1.29, 1.82) is 0 Å². The summed E-state index contributed by atoms with van der Waals surface area (Å²) in [6, 6.07) is 0. The number of hydrogen-bond donors (Lipinski definition) is 2. The van der Waals surface area contributed by atoms with Gasteiger partial charge in [0.05, 0.1) is 0 Å². The van der Waals surface area contributed by atoms with Crippen LogP contribution in [-0.4, -0.2) is 8.76 Å². The molecule has 1 unspecified atom stereocenters. The molecule has 0 fully saturated rings. The molecular weight excluding hydrogens is 200 g/mol. The average molecular weight is 204 g/mol. The molecule has 0 amide bonds. The van der Waals surface area contributed by atoms with Gasteiger partial charge in [-0.2, -0.15) is 14.4 Å². The number of rotatable bonds is 1. The molecule has 0 aromatic carbocycles. The van der Waals surface area contributed by atoms with Gasteiger partial charge in [0.2, 0.25) is 0 Å². The Balaban J connectivity index is 0. The van der Waals surface area contributed by atoms with Gasteiger partial charge in [0.1, 0.15) is 0 Å². The van der Waals surface area contributed by atoms with Crippen molar-refractivity contribution >= 4 is 11.4 Å². The number of nitrogens with two attached hydrogens (primary N) is 1. The van der Waals surface area contributed by atoms with E-state index in [4.69, 9.17) is 8.76 Å². The van der Waals surface area contributed by atoms with Gasteiger partial charge in [0, 0.05) is 20.4 Å². The van der Waals surface area contributed by atoms with Gasteiger partial charge in [-0.1, -0.05) is 0 Å². The summed E-state index contributed by atoms with van der Waals surface area (Å²) in [6.07, 6.45) is 0. The summed E-state index contributed by atoms with van der Waals surface area (Å²) in [4.78, 5) is 0. The quantitative estimate of drug-likeness (QED) is 0.326. The second-order valence-electron chi connectivity index (χ2n) is 0.313. The maximum Gasteiger partial charge on any atom is 0.319 e. The van der Waals surface area contributed by atoms with E-state index in [0.717, 1.165) is 0 Å². The smallest absolute Gasteiger partial charge is 0.283 e. The first kappa shape index (κ1) is 9.85. The van der Waals surface area contributed by atoms with E-state index < -0.39 is 11.4 Å². The van der Waals surface area contributed by atoms with E-state index in [9.17, 15) is 0 Å². The van der Waals surface area contributed by atoms with Crippen LogP contribution < -0.4 is 5.90 Å². The Labute approximate surface area is 51.1 Å². The van der Waals surface area contributed by atoms with Gasteiger partial charge in [0.15, 0.2) is 0 Å². The van der Waals surface area contributed by atoms with Crippen molar-refractivity contribution in [3.05, 3.63) is 0 Å². The first-order chi connectivity index (χ1) is 2.27. The zero-order chi connectivity index (χ0) is 4.28. The topological polar surface area (TPSA) is 72.5 Å². The van der Waals surface area contributed by atoms with Crippen molar-refractivity contribution in [3.63, 3.8) is 0 Å². The summed E-state index contributed by atoms with van der Waals surface area (Å²) in [5.74, 6) is 4.12. The van der Waals surface area contributed by atoms with Crippen molar-refractivity contribution in [2.24, 2.45) is 5.90 Å². The Morgan fingerprint density at radius 3 is 2.00 bits per heavy atom. The summed E-state index contributed by atoms with van der Waals surface area (Å²) < 4.78 is 19.9. The Bertz CT molecular complexity index is 46.1. The molecule has 0 spiro atoms. The van der Waals surface area contributed by atoms with E-state index in [2.05, 4.69) is 10.2 Å². The van der Waals surface area contributed by atoms with E-state index in [0.29, 0.717) is 0 Å². The summed E-state index contributed by atoms with van der Waals surface area (Å²) >= 11 is -2.29. The third kappa shape index (κ3) is 8.83. The van der Waals surface area contributed by atoms with Gasteiger partial charge in [-0.15, -0.1) is 0 Å². The normalized spacial score (nSPS) is 12.3. The molecular formula is H3NO3PdS. The molecule has 0 aliphatic carbocycles. The predicted molar refractivity (Wildman–Crippen MR) is 16.0 cm³/mol. The second kappa shape index (κ2) is 5.69. The van der Waals surface area contributed by atoms with Crippen LogP contribution in [0.15, 0.2) is 0 Å². The largest absolute Gasteiger partial charge is 0.319 e. The van der Waals surface area contributed by atoms with E-state index in [1.165, 1.54) is 0 Å². The summed E-state index contributed by atoms with van der Waals surface area (Å²) in [5.41, 5.74) is 0. The van der Waals surface area contributed by atoms with Crippen molar-refractivity contribution in [1.82, 2.24) is 0 Å². The molecule has 42 valence electrons. The van der Waals surface area contributed by atoms with Crippen LogP contribution in [0.2, 0.25) is 0 Å². The average Bonchev–Trinajstić information content (AvgIpc) is 1.38. The van der Waals surface area contributed by atoms with E-state index in [1.807, 2.05) is 0 Å².